The number of aromatic nitrogens is 4. The van der Waals surface area contributed by atoms with E-state index in [0.717, 1.165) is 0 Å². The fourth-order valence-corrected chi connectivity index (χ4v) is 3.24. The average molecular weight is 362 g/mol. The third kappa shape index (κ3) is 3.01. The Morgan fingerprint density at radius 2 is 1.88 bits per heavy atom. The highest BCUT2D eigenvalue weighted by Crippen LogP contribution is 2.31. The molecule has 11 heteroatoms. The van der Waals surface area contributed by atoms with Crippen LogP contribution >= 0.6 is 0 Å². The quantitative estimate of drug-likeness (QED) is 0.552. The van der Waals surface area contributed by atoms with Gasteiger partial charge in [-0.3, -0.25) is 14.8 Å². The Balaban J connectivity index is 2.10. The van der Waals surface area contributed by atoms with Gasteiger partial charge < -0.3 is 0 Å². The van der Waals surface area contributed by atoms with Crippen molar-refractivity contribution in [2.45, 2.75) is 25.9 Å². The third-order valence-electron chi connectivity index (χ3n) is 3.71. The highest BCUT2D eigenvalue weighted by Gasteiger charge is 2.27. The number of benzene rings is 1. The molecule has 3 rings (SSSR count). The van der Waals surface area contributed by atoms with Gasteiger partial charge in [-0.15, -0.1) is 5.10 Å². The van der Waals surface area contributed by atoms with E-state index >= 15 is 0 Å². The van der Waals surface area contributed by atoms with Gasteiger partial charge in [0.2, 0.25) is 0 Å². The zero-order valence-corrected chi connectivity index (χ0v) is 14.4. The Morgan fingerprint density at radius 3 is 2.56 bits per heavy atom. The molecule has 2 heterocycles. The zero-order chi connectivity index (χ0) is 18.4. The Kier molecular flexibility index (Phi) is 3.87. The molecule has 0 aliphatic carbocycles. The number of hydrogen-bond donors (Lipinski definition) is 1. The molecule has 0 saturated heterocycles. The average Bonchev–Trinajstić information content (AvgIpc) is 2.95. The normalized spacial score (nSPS) is 11.6. The predicted octanol–water partition coefficient (Wildman–Crippen LogP) is 1.76. The first kappa shape index (κ1) is 16.8. The number of nitrogens with one attached hydrogen (secondary N) is 1. The maximum Gasteiger partial charge on any atom is 0.299 e. The summed E-state index contributed by atoms with van der Waals surface area (Å²) >= 11 is 0. The van der Waals surface area contributed by atoms with E-state index in [2.05, 4.69) is 19.8 Å². The number of nitro benzene ring substituents is 1. The molecule has 2 aromatic heterocycles. The van der Waals surface area contributed by atoms with Crippen molar-refractivity contribution in [2.24, 2.45) is 0 Å². The van der Waals surface area contributed by atoms with E-state index in [1.807, 2.05) is 0 Å². The lowest BCUT2D eigenvalue weighted by Crippen LogP contribution is -2.17. The van der Waals surface area contributed by atoms with Crippen LogP contribution in [0.15, 0.2) is 29.6 Å². The summed E-state index contributed by atoms with van der Waals surface area (Å²) in [4.78, 5) is 18.5. The smallest absolute Gasteiger partial charge is 0.270 e. The molecule has 0 spiro atoms. The molecule has 0 amide bonds. The molecule has 3 aromatic rings. The van der Waals surface area contributed by atoms with Crippen LogP contribution in [0, 0.1) is 30.9 Å². The molecule has 0 unspecified atom stereocenters. The van der Waals surface area contributed by atoms with Crippen LogP contribution in [-0.2, 0) is 10.0 Å². The topological polar surface area (TPSA) is 132 Å². The van der Waals surface area contributed by atoms with E-state index in [4.69, 9.17) is 0 Å². The third-order valence-corrected chi connectivity index (χ3v) is 4.84. The summed E-state index contributed by atoms with van der Waals surface area (Å²) in [5.74, 6) is 0.121. The molecule has 0 bridgehead atoms. The largest absolute Gasteiger partial charge is 0.299 e. The van der Waals surface area contributed by atoms with Gasteiger partial charge in [-0.25, -0.2) is 9.50 Å². The first-order valence-electron chi connectivity index (χ1n) is 7.16. The molecule has 25 heavy (non-hydrogen) atoms. The van der Waals surface area contributed by atoms with Crippen molar-refractivity contribution in [3.63, 3.8) is 0 Å². The predicted molar refractivity (Wildman–Crippen MR) is 88.9 cm³/mol. The van der Waals surface area contributed by atoms with Crippen LogP contribution in [0.5, 0.6) is 0 Å². The van der Waals surface area contributed by atoms with Gasteiger partial charge in [0, 0.05) is 18.0 Å². The summed E-state index contributed by atoms with van der Waals surface area (Å²) in [7, 11) is -4.22. The van der Waals surface area contributed by atoms with Gasteiger partial charge in [0.1, 0.15) is 5.69 Å². The van der Waals surface area contributed by atoms with Gasteiger partial charge in [-0.05, 0) is 38.0 Å². The Bertz CT molecular complexity index is 1110. The van der Waals surface area contributed by atoms with Crippen LogP contribution in [0.25, 0.3) is 5.78 Å². The number of nitrogens with zero attached hydrogens (tertiary/aromatic N) is 5. The summed E-state index contributed by atoms with van der Waals surface area (Å²) in [5, 5.41) is 14.6. The van der Waals surface area contributed by atoms with Gasteiger partial charge in [0.15, 0.2) is 0 Å². The Hall–Kier alpha value is -3.08. The van der Waals surface area contributed by atoms with Gasteiger partial charge in [-0.2, -0.15) is 13.4 Å². The molecule has 1 aromatic carbocycles. The zero-order valence-electron chi connectivity index (χ0n) is 13.6. The monoisotopic (exact) mass is 362 g/mol. The van der Waals surface area contributed by atoms with E-state index in [0.29, 0.717) is 16.8 Å². The molecule has 0 aliphatic rings. The molecule has 0 aliphatic heterocycles. The number of anilines is 1. The Morgan fingerprint density at radius 1 is 1.16 bits per heavy atom. The van der Waals surface area contributed by atoms with Crippen LogP contribution < -0.4 is 4.72 Å². The molecule has 0 saturated carbocycles. The van der Waals surface area contributed by atoms with Crippen LogP contribution in [0.1, 0.15) is 16.8 Å². The van der Waals surface area contributed by atoms with E-state index < -0.39 is 20.1 Å². The molecule has 0 fully saturated rings. The second-order valence-electron chi connectivity index (χ2n) is 5.47. The Labute approximate surface area is 142 Å². The lowest BCUT2D eigenvalue weighted by molar-refractivity contribution is -0.383. The number of hydrogen-bond acceptors (Lipinski definition) is 7. The molecular formula is C14H14N6O4S. The summed E-state index contributed by atoms with van der Waals surface area (Å²) in [6.45, 7) is 5.06. The van der Waals surface area contributed by atoms with Crippen LogP contribution in [0.4, 0.5) is 11.4 Å². The fourth-order valence-electron chi connectivity index (χ4n) is 2.22. The van der Waals surface area contributed by atoms with Crippen LogP contribution in [0.2, 0.25) is 0 Å². The van der Waals surface area contributed by atoms with Crippen molar-refractivity contribution < 1.29 is 13.3 Å². The minimum absolute atomic E-state index is 0.104. The first-order chi connectivity index (χ1) is 11.7. The van der Waals surface area contributed by atoms with Gasteiger partial charge in [0.25, 0.3) is 26.6 Å². The number of nitro groups is 1. The van der Waals surface area contributed by atoms with Crippen molar-refractivity contribution in [1.29, 1.82) is 0 Å². The van der Waals surface area contributed by atoms with E-state index in [-0.39, 0.29) is 17.2 Å². The van der Waals surface area contributed by atoms with Crippen molar-refractivity contribution in [3.8, 4) is 0 Å². The molecule has 0 atom stereocenters. The standard InChI is InChI=1S/C14H14N6O4S/c1-8-4-5-11(20(21)22)12(10(8)3)18-25(23,24)14-16-13-15-9(2)6-7-19(13)17-14/h4-7,18H,1-3H3. The minimum atomic E-state index is -4.22. The molecule has 130 valence electrons. The first-order valence-corrected chi connectivity index (χ1v) is 8.65. The van der Waals surface area contributed by atoms with E-state index in [1.54, 1.807) is 32.9 Å². The van der Waals surface area contributed by atoms with Gasteiger partial charge in [-0.1, -0.05) is 6.07 Å². The van der Waals surface area contributed by atoms with Crippen molar-refractivity contribution in [2.75, 3.05) is 4.72 Å². The number of sulfonamides is 1. The van der Waals surface area contributed by atoms with Crippen LogP contribution in [-0.4, -0.2) is 32.9 Å². The summed E-state index contributed by atoms with van der Waals surface area (Å²) < 4.78 is 28.6. The molecule has 10 nitrogen and oxygen atoms in total. The number of aryl methyl sites for hydroxylation is 2. The van der Waals surface area contributed by atoms with E-state index in [1.165, 1.54) is 16.8 Å². The fraction of sp³-hybridized carbons (Fsp3) is 0.214. The van der Waals surface area contributed by atoms with Gasteiger partial charge in [0.05, 0.1) is 4.92 Å². The number of rotatable bonds is 4. The summed E-state index contributed by atoms with van der Waals surface area (Å²) in [6.07, 6.45) is 1.53. The van der Waals surface area contributed by atoms with Gasteiger partial charge >= 0.3 is 0 Å². The maximum atomic E-state index is 12.6. The number of fused-ring (bicyclic) bond motifs is 1. The molecule has 0 radical (unpaired) electrons. The molecular weight excluding hydrogens is 348 g/mol. The lowest BCUT2D eigenvalue weighted by Gasteiger charge is -2.10. The second-order valence-corrected chi connectivity index (χ2v) is 7.05. The van der Waals surface area contributed by atoms with Crippen molar-refractivity contribution >= 4 is 27.2 Å². The van der Waals surface area contributed by atoms with E-state index in [9.17, 15) is 18.5 Å². The SMILES string of the molecule is Cc1ccn2nc(S(=O)(=O)Nc3c([N+](=O)[O-])ccc(C)c3C)nc2n1. The van der Waals surface area contributed by atoms with Crippen LogP contribution in [0.3, 0.4) is 0 Å². The highest BCUT2D eigenvalue weighted by molar-refractivity contribution is 7.92. The van der Waals surface area contributed by atoms with Crippen molar-refractivity contribution in [3.05, 3.63) is 51.3 Å². The highest BCUT2D eigenvalue weighted by atomic mass is 32.2. The van der Waals surface area contributed by atoms with Crippen molar-refractivity contribution in [1.82, 2.24) is 19.6 Å². The minimum Gasteiger partial charge on any atom is -0.270 e. The summed E-state index contributed by atoms with van der Waals surface area (Å²) in [5.41, 5.74) is 1.37. The summed E-state index contributed by atoms with van der Waals surface area (Å²) in [6, 6.07) is 4.46. The molecule has 1 N–H and O–H groups in total. The lowest BCUT2D eigenvalue weighted by atomic mass is 10.1. The second kappa shape index (κ2) is 5.77. The maximum absolute atomic E-state index is 12.6.